The van der Waals surface area contributed by atoms with Crippen molar-refractivity contribution in [3.8, 4) is 0 Å². The molecule has 0 aromatic heterocycles. The van der Waals surface area contributed by atoms with Gasteiger partial charge < -0.3 is 5.11 Å². The van der Waals surface area contributed by atoms with Crippen molar-refractivity contribution in [1.29, 1.82) is 0 Å². The van der Waals surface area contributed by atoms with Gasteiger partial charge in [-0.25, -0.2) is 0 Å². The molecular weight excluding hydrogens is 261 g/mol. The Morgan fingerprint density at radius 3 is 2.45 bits per heavy atom. The van der Waals surface area contributed by atoms with Crippen molar-refractivity contribution in [2.75, 3.05) is 0 Å². The molecular formula is C7H11BrO2Zn. The molecule has 0 heterocycles. The van der Waals surface area contributed by atoms with E-state index >= 15 is 0 Å². The van der Waals surface area contributed by atoms with Crippen LogP contribution < -0.4 is 0 Å². The largest absolute Gasteiger partial charge is 0.481 e. The van der Waals surface area contributed by atoms with Gasteiger partial charge in [0.1, 0.15) is 0 Å². The van der Waals surface area contributed by atoms with E-state index in [9.17, 15) is 4.79 Å². The number of alkyl halides is 1. The van der Waals surface area contributed by atoms with Crippen molar-refractivity contribution in [3.63, 3.8) is 0 Å². The maximum absolute atomic E-state index is 10.5. The van der Waals surface area contributed by atoms with Gasteiger partial charge >= 0.3 is 5.97 Å². The number of hydrogen-bond donors (Lipinski definition) is 1. The zero-order valence-electron chi connectivity index (χ0n) is 6.42. The maximum Gasteiger partial charge on any atom is 0.306 e. The molecule has 2 nitrogen and oxygen atoms in total. The molecule has 0 radical (unpaired) electrons. The first-order valence-electron chi connectivity index (χ1n) is 3.57. The molecule has 1 saturated carbocycles. The summed E-state index contributed by atoms with van der Waals surface area (Å²) in [7, 11) is 0. The number of carboxylic acids is 1. The van der Waals surface area contributed by atoms with E-state index in [0.29, 0.717) is 4.83 Å². The van der Waals surface area contributed by atoms with Gasteiger partial charge in [-0.05, 0) is 19.3 Å². The Balaban J connectivity index is 0.000001000. The van der Waals surface area contributed by atoms with Crippen LogP contribution in [0.2, 0.25) is 0 Å². The molecule has 1 aliphatic rings. The molecule has 11 heavy (non-hydrogen) atoms. The fourth-order valence-corrected chi connectivity index (χ4v) is 2.13. The molecule has 1 aliphatic carbocycles. The van der Waals surface area contributed by atoms with Crippen molar-refractivity contribution >= 4 is 21.9 Å². The summed E-state index contributed by atoms with van der Waals surface area (Å²) in [6, 6.07) is 0. The minimum atomic E-state index is -0.635. The van der Waals surface area contributed by atoms with Crippen LogP contribution in [0.1, 0.15) is 25.7 Å². The normalized spacial score (nSPS) is 30.6. The number of rotatable bonds is 1. The zero-order chi connectivity index (χ0) is 7.56. The standard InChI is InChI=1S/C7H11BrO2.Zn/c8-6-3-1-2-5(4-6)7(9)10;/h5-6H,1-4H2,(H,9,10);. The van der Waals surface area contributed by atoms with Crippen LogP contribution in [-0.2, 0) is 24.3 Å². The quantitative estimate of drug-likeness (QED) is 0.586. The van der Waals surface area contributed by atoms with Crippen LogP contribution in [0.3, 0.4) is 0 Å². The molecule has 0 bridgehead atoms. The van der Waals surface area contributed by atoms with Crippen LogP contribution in [0.15, 0.2) is 0 Å². The summed E-state index contributed by atoms with van der Waals surface area (Å²) in [6.07, 6.45) is 3.84. The summed E-state index contributed by atoms with van der Waals surface area (Å²) in [6.45, 7) is 0. The summed E-state index contributed by atoms with van der Waals surface area (Å²) in [5.74, 6) is -0.734. The molecule has 4 heteroatoms. The summed E-state index contributed by atoms with van der Waals surface area (Å²) < 4.78 is 0. The Kier molecular flexibility index (Phi) is 5.53. The van der Waals surface area contributed by atoms with Crippen LogP contribution in [-0.4, -0.2) is 15.9 Å². The van der Waals surface area contributed by atoms with E-state index in [1.807, 2.05) is 0 Å². The van der Waals surface area contributed by atoms with Gasteiger partial charge in [-0.2, -0.15) is 0 Å². The van der Waals surface area contributed by atoms with Gasteiger partial charge in [-0.1, -0.05) is 22.4 Å². The van der Waals surface area contributed by atoms with E-state index in [1.165, 1.54) is 0 Å². The molecule has 2 unspecified atom stereocenters. The van der Waals surface area contributed by atoms with E-state index in [0.717, 1.165) is 25.7 Å². The Morgan fingerprint density at radius 2 is 2.09 bits per heavy atom. The third-order valence-corrected chi connectivity index (χ3v) is 2.79. The maximum atomic E-state index is 10.5. The van der Waals surface area contributed by atoms with Gasteiger partial charge in [0.2, 0.25) is 0 Å². The second-order valence-electron chi connectivity index (χ2n) is 2.80. The average Bonchev–Trinajstić information content (AvgIpc) is 1.88. The average molecular weight is 272 g/mol. The van der Waals surface area contributed by atoms with Crippen LogP contribution in [0.5, 0.6) is 0 Å². The smallest absolute Gasteiger partial charge is 0.306 e. The van der Waals surface area contributed by atoms with Crippen molar-refractivity contribution in [2.45, 2.75) is 30.5 Å². The number of carboxylic acid groups (broad SMARTS) is 1. The molecule has 1 N–H and O–H groups in total. The van der Waals surface area contributed by atoms with Crippen molar-refractivity contribution in [1.82, 2.24) is 0 Å². The molecule has 0 amide bonds. The van der Waals surface area contributed by atoms with Crippen LogP contribution in [0, 0.1) is 5.92 Å². The molecule has 0 aliphatic heterocycles. The minimum absolute atomic E-state index is 0. The topological polar surface area (TPSA) is 37.3 Å². The summed E-state index contributed by atoms with van der Waals surface area (Å²) in [4.78, 5) is 10.9. The molecule has 0 spiro atoms. The Bertz CT molecular complexity index is 140. The minimum Gasteiger partial charge on any atom is -0.481 e. The van der Waals surface area contributed by atoms with Crippen LogP contribution in [0.25, 0.3) is 0 Å². The van der Waals surface area contributed by atoms with Crippen molar-refractivity contribution < 1.29 is 29.4 Å². The van der Waals surface area contributed by atoms with Gasteiger partial charge in [0.25, 0.3) is 0 Å². The van der Waals surface area contributed by atoms with E-state index in [-0.39, 0.29) is 25.4 Å². The molecule has 1 fully saturated rings. The van der Waals surface area contributed by atoms with Gasteiger partial charge in [-0.15, -0.1) is 0 Å². The molecule has 60 valence electrons. The van der Waals surface area contributed by atoms with Gasteiger partial charge in [0.05, 0.1) is 5.92 Å². The fourth-order valence-electron chi connectivity index (χ4n) is 1.35. The third-order valence-electron chi connectivity index (χ3n) is 1.96. The Morgan fingerprint density at radius 1 is 1.45 bits per heavy atom. The summed E-state index contributed by atoms with van der Waals surface area (Å²) in [5.41, 5.74) is 0. The van der Waals surface area contributed by atoms with Gasteiger partial charge in [0, 0.05) is 24.3 Å². The third kappa shape index (κ3) is 3.66. The molecule has 2 atom stereocenters. The summed E-state index contributed by atoms with van der Waals surface area (Å²) in [5, 5.41) is 8.64. The second kappa shape index (κ2) is 5.26. The Hall–Kier alpha value is 0.573. The first-order chi connectivity index (χ1) is 4.70. The van der Waals surface area contributed by atoms with E-state index in [4.69, 9.17) is 5.11 Å². The van der Waals surface area contributed by atoms with Crippen LogP contribution >= 0.6 is 15.9 Å². The van der Waals surface area contributed by atoms with E-state index in [1.54, 1.807) is 0 Å². The fraction of sp³-hybridized carbons (Fsp3) is 0.857. The van der Waals surface area contributed by atoms with Crippen molar-refractivity contribution in [3.05, 3.63) is 0 Å². The first kappa shape index (κ1) is 11.6. The predicted octanol–water partition coefficient (Wildman–Crippen LogP) is 2.02. The number of halogens is 1. The van der Waals surface area contributed by atoms with E-state index in [2.05, 4.69) is 15.9 Å². The predicted molar refractivity (Wildman–Crippen MR) is 42.3 cm³/mol. The molecule has 0 aromatic rings. The van der Waals surface area contributed by atoms with Gasteiger partial charge in [0.15, 0.2) is 0 Å². The monoisotopic (exact) mass is 270 g/mol. The zero-order valence-corrected chi connectivity index (χ0v) is 11.0. The molecule has 0 saturated heterocycles. The molecule has 0 aromatic carbocycles. The van der Waals surface area contributed by atoms with Crippen LogP contribution in [0.4, 0.5) is 0 Å². The summed E-state index contributed by atoms with van der Waals surface area (Å²) >= 11 is 3.43. The first-order valence-corrected chi connectivity index (χ1v) is 4.48. The number of hydrogen-bond acceptors (Lipinski definition) is 1. The SMILES string of the molecule is O=C(O)C1CCCC(Br)C1.[Zn]. The molecule has 1 rings (SSSR count). The number of carbonyl (C=O) groups is 1. The Labute approximate surface area is 87.6 Å². The van der Waals surface area contributed by atoms with Crippen molar-refractivity contribution in [2.24, 2.45) is 5.92 Å². The van der Waals surface area contributed by atoms with Gasteiger partial charge in [-0.3, -0.25) is 4.79 Å². The number of aliphatic carboxylic acids is 1. The second-order valence-corrected chi connectivity index (χ2v) is 4.09. The van der Waals surface area contributed by atoms with E-state index < -0.39 is 5.97 Å².